The topological polar surface area (TPSA) is 21.7 Å². The molecule has 220 valence electrons. The van der Waals surface area contributed by atoms with E-state index in [0.29, 0.717) is 13.2 Å². The third kappa shape index (κ3) is 7.37. The lowest BCUT2D eigenvalue weighted by Gasteiger charge is -2.43. The maximum absolute atomic E-state index is 7.15. The molecule has 0 unspecified atom stereocenters. The molecule has 0 fully saturated rings. The van der Waals surface area contributed by atoms with Crippen LogP contribution < -0.4 is 20.0 Å². The van der Waals surface area contributed by atoms with Gasteiger partial charge in [-0.25, -0.2) is 0 Å². The minimum atomic E-state index is -2.58. The number of hydrogen-bond acceptors (Lipinski definition) is 4. The molecule has 0 saturated heterocycles. The van der Waals surface area contributed by atoms with Gasteiger partial charge >= 0.3 is 0 Å². The van der Waals surface area contributed by atoms with E-state index in [0.717, 1.165) is 29.1 Å². The third-order valence-corrected chi connectivity index (χ3v) is 13.7. The van der Waals surface area contributed by atoms with Gasteiger partial charge in [0.2, 0.25) is 0 Å². The van der Waals surface area contributed by atoms with Crippen LogP contribution in [0.2, 0.25) is 5.04 Å². The predicted molar refractivity (Wildman–Crippen MR) is 187 cm³/mol. The van der Waals surface area contributed by atoms with Crippen molar-refractivity contribution in [3.8, 4) is 5.75 Å². The first-order valence-corrected chi connectivity index (χ1v) is 17.6. The monoisotopic (exact) mass is 603 g/mol. The molecule has 3 nitrogen and oxygen atoms in total. The molecule has 43 heavy (non-hydrogen) atoms. The van der Waals surface area contributed by atoms with Crippen molar-refractivity contribution in [3.63, 3.8) is 0 Å². The number of thiophene rings is 1. The molecule has 5 heteroatoms. The van der Waals surface area contributed by atoms with Gasteiger partial charge in [0.05, 0.1) is 6.61 Å². The van der Waals surface area contributed by atoms with Crippen molar-refractivity contribution < 1.29 is 9.16 Å². The summed E-state index contributed by atoms with van der Waals surface area (Å²) < 4.78 is 13.6. The highest BCUT2D eigenvalue weighted by Gasteiger charge is 2.50. The second-order valence-electron chi connectivity index (χ2n) is 11.8. The molecule has 1 heterocycles. The number of rotatable bonds is 12. The Morgan fingerprint density at radius 1 is 0.744 bits per heavy atom. The molecule has 0 radical (unpaired) electrons. The van der Waals surface area contributed by atoms with Crippen molar-refractivity contribution in [2.75, 3.05) is 25.1 Å². The molecule has 0 aliphatic carbocycles. The largest absolute Gasteiger partial charge is 0.488 e. The van der Waals surface area contributed by atoms with E-state index in [1.54, 1.807) is 11.3 Å². The number of benzene rings is 4. The minimum Gasteiger partial charge on any atom is -0.488 e. The Morgan fingerprint density at radius 2 is 1.37 bits per heavy atom. The summed E-state index contributed by atoms with van der Waals surface area (Å²) in [5, 5.41) is 4.65. The van der Waals surface area contributed by atoms with Gasteiger partial charge in [-0.05, 0) is 56.7 Å². The maximum Gasteiger partial charge on any atom is 0.261 e. The van der Waals surface area contributed by atoms with Crippen LogP contribution in [-0.4, -0.2) is 28.5 Å². The molecular formula is C38H41NO2SSi. The summed E-state index contributed by atoms with van der Waals surface area (Å²) in [5.74, 6) is 0.869. The Hall–Kier alpha value is -3.90. The smallest absolute Gasteiger partial charge is 0.261 e. The van der Waals surface area contributed by atoms with Crippen LogP contribution in [0.1, 0.15) is 36.8 Å². The second-order valence-corrected chi connectivity index (χ2v) is 17.1. The highest BCUT2D eigenvalue weighted by molar-refractivity contribution is 7.10. The van der Waals surface area contributed by atoms with E-state index in [4.69, 9.17) is 9.16 Å². The van der Waals surface area contributed by atoms with Crippen molar-refractivity contribution in [3.05, 3.63) is 143 Å². The van der Waals surface area contributed by atoms with E-state index in [9.17, 15) is 0 Å². The minimum absolute atomic E-state index is 0.0523. The number of hydrogen-bond donors (Lipinski definition) is 0. The van der Waals surface area contributed by atoms with E-state index < -0.39 is 8.32 Å². The molecule has 0 atom stereocenters. The van der Waals surface area contributed by atoms with Crippen LogP contribution in [-0.2, 0) is 11.0 Å². The Bertz CT molecular complexity index is 1540. The zero-order chi connectivity index (χ0) is 30.1. The number of ether oxygens (including phenoxy) is 1. The summed E-state index contributed by atoms with van der Waals surface area (Å²) >= 11 is 1.73. The first-order valence-electron chi connectivity index (χ1n) is 14.9. The van der Waals surface area contributed by atoms with Gasteiger partial charge in [0.25, 0.3) is 8.32 Å². The Balaban J connectivity index is 1.37. The summed E-state index contributed by atoms with van der Waals surface area (Å²) in [7, 11) is -0.453. The van der Waals surface area contributed by atoms with Gasteiger partial charge in [0, 0.05) is 35.8 Å². The molecule has 0 bridgehead atoms. The van der Waals surface area contributed by atoms with E-state index in [1.807, 2.05) is 18.2 Å². The van der Waals surface area contributed by atoms with Crippen molar-refractivity contribution in [1.29, 1.82) is 0 Å². The van der Waals surface area contributed by atoms with E-state index in [-0.39, 0.29) is 5.04 Å². The molecule has 4 aromatic carbocycles. The van der Waals surface area contributed by atoms with Crippen molar-refractivity contribution in [2.24, 2.45) is 0 Å². The van der Waals surface area contributed by atoms with Gasteiger partial charge in [-0.3, -0.25) is 0 Å². The highest BCUT2D eigenvalue weighted by Crippen LogP contribution is 2.37. The summed E-state index contributed by atoms with van der Waals surface area (Å²) in [6, 6.07) is 42.7. The standard InChI is InChI=1S/C38H41NO2SSi/c1-38(2,3)43(35-18-10-6-11-19-35,36-20-12-7-13-21-36)41-27-26-39(4)33-24-22-32(23-25-34-17-14-28-42-34)37(29-33)40-30-31-15-8-5-9-16-31/h5-25,28-29H,26-27,30H2,1-4H3. The molecule has 0 saturated carbocycles. The molecule has 0 N–H and O–H groups in total. The fourth-order valence-electron chi connectivity index (χ4n) is 5.54. The van der Waals surface area contributed by atoms with Crippen LogP contribution in [0.3, 0.4) is 0 Å². The van der Waals surface area contributed by atoms with Crippen LogP contribution >= 0.6 is 11.3 Å². The fraction of sp³-hybridized carbons (Fsp3) is 0.211. The SMILES string of the molecule is CN(CCO[Si](c1ccccc1)(c1ccccc1)C(C)(C)C)c1ccc(C=Cc2cccs2)c(OCc2ccccc2)c1. The van der Waals surface area contributed by atoms with Crippen LogP contribution in [0.5, 0.6) is 5.75 Å². The van der Waals surface area contributed by atoms with Crippen LogP contribution in [0.25, 0.3) is 12.2 Å². The van der Waals surface area contributed by atoms with Gasteiger partial charge in [-0.2, -0.15) is 0 Å². The lowest BCUT2D eigenvalue weighted by molar-refractivity contribution is 0.303. The normalized spacial score (nSPS) is 12.0. The molecule has 1 aromatic heterocycles. The summed E-state index contributed by atoms with van der Waals surface area (Å²) in [4.78, 5) is 3.48. The Kier molecular flexibility index (Phi) is 9.98. The van der Waals surface area contributed by atoms with E-state index in [2.05, 4.69) is 153 Å². The van der Waals surface area contributed by atoms with Crippen molar-refractivity contribution in [1.82, 2.24) is 0 Å². The van der Waals surface area contributed by atoms with Gasteiger partial charge in [0.15, 0.2) is 0 Å². The van der Waals surface area contributed by atoms with Crippen molar-refractivity contribution in [2.45, 2.75) is 32.4 Å². The molecule has 5 aromatic rings. The van der Waals surface area contributed by atoms with Gasteiger partial charge in [0.1, 0.15) is 12.4 Å². The van der Waals surface area contributed by atoms with Crippen LogP contribution in [0, 0.1) is 0 Å². The molecule has 0 amide bonds. The zero-order valence-electron chi connectivity index (χ0n) is 25.6. The average molecular weight is 604 g/mol. The van der Waals surface area contributed by atoms with Gasteiger partial charge < -0.3 is 14.1 Å². The number of anilines is 1. The van der Waals surface area contributed by atoms with Crippen LogP contribution in [0.4, 0.5) is 5.69 Å². The van der Waals surface area contributed by atoms with Crippen LogP contribution in [0.15, 0.2) is 127 Å². The third-order valence-electron chi connectivity index (χ3n) is 7.81. The summed E-state index contributed by atoms with van der Waals surface area (Å²) in [6.45, 7) is 8.85. The average Bonchev–Trinajstić information content (AvgIpc) is 3.56. The first-order chi connectivity index (χ1) is 20.9. The number of nitrogens with zero attached hydrogens (tertiary/aromatic N) is 1. The van der Waals surface area contributed by atoms with E-state index in [1.165, 1.54) is 15.3 Å². The predicted octanol–water partition coefficient (Wildman–Crippen LogP) is 8.51. The number of likely N-dealkylation sites (N-methyl/N-ethyl adjacent to an activating group) is 1. The zero-order valence-corrected chi connectivity index (χ0v) is 27.4. The quantitative estimate of drug-likeness (QED) is 0.134. The lowest BCUT2D eigenvalue weighted by atomic mass is 10.1. The van der Waals surface area contributed by atoms with Gasteiger partial charge in [-0.15, -0.1) is 11.3 Å². The Labute approximate surface area is 262 Å². The lowest BCUT2D eigenvalue weighted by Crippen LogP contribution is -2.67. The first kappa shape index (κ1) is 30.6. The summed E-state index contributed by atoms with van der Waals surface area (Å²) in [5.41, 5.74) is 3.31. The maximum atomic E-state index is 7.15. The second kappa shape index (κ2) is 14.0. The van der Waals surface area contributed by atoms with Gasteiger partial charge in [-0.1, -0.05) is 118 Å². The molecule has 0 aliphatic heterocycles. The summed E-state index contributed by atoms with van der Waals surface area (Å²) in [6.07, 6.45) is 4.29. The molecule has 0 spiro atoms. The molecule has 5 rings (SSSR count). The fourth-order valence-corrected chi connectivity index (χ4v) is 10.7. The Morgan fingerprint density at radius 3 is 1.95 bits per heavy atom. The van der Waals surface area contributed by atoms with Crippen molar-refractivity contribution >= 4 is 47.9 Å². The molecular weight excluding hydrogens is 563 g/mol. The van der Waals surface area contributed by atoms with E-state index >= 15 is 0 Å². The molecule has 0 aliphatic rings. The highest BCUT2D eigenvalue weighted by atomic mass is 32.1.